The van der Waals surface area contributed by atoms with Gasteiger partial charge in [-0.2, -0.15) is 5.10 Å². The lowest BCUT2D eigenvalue weighted by molar-refractivity contribution is 0.622. The number of aromatic nitrogens is 2. The Hall–Kier alpha value is -1.84. The zero-order valence-electron chi connectivity index (χ0n) is 8.44. The molecule has 0 spiro atoms. The summed E-state index contributed by atoms with van der Waals surface area (Å²) in [6.45, 7) is 2.49. The number of nitrogens with zero attached hydrogens (tertiary/aromatic N) is 2. The number of hydrogen-bond donors (Lipinski definition) is 1. The molecule has 15 heavy (non-hydrogen) atoms. The van der Waals surface area contributed by atoms with Gasteiger partial charge in [0.2, 0.25) is 0 Å². The molecule has 0 radical (unpaired) electrons. The van der Waals surface area contributed by atoms with E-state index >= 15 is 0 Å². The van der Waals surface area contributed by atoms with Crippen molar-refractivity contribution in [2.75, 3.05) is 5.73 Å². The Labute approximate surface area is 87.3 Å². The molecule has 0 aliphatic heterocycles. The predicted octanol–water partition coefficient (Wildman–Crippen LogP) is 1.96. The molecule has 0 aliphatic carbocycles. The molecule has 2 rings (SSSR count). The first-order chi connectivity index (χ1) is 7.15. The highest BCUT2D eigenvalue weighted by atomic mass is 19.1. The Morgan fingerprint density at radius 3 is 2.87 bits per heavy atom. The largest absolute Gasteiger partial charge is 0.396 e. The molecular weight excluding hydrogens is 193 g/mol. The van der Waals surface area contributed by atoms with E-state index in [4.69, 9.17) is 5.73 Å². The van der Waals surface area contributed by atoms with Gasteiger partial charge in [0.25, 0.3) is 0 Å². The van der Waals surface area contributed by atoms with Gasteiger partial charge in [0.15, 0.2) is 0 Å². The highest BCUT2D eigenvalue weighted by molar-refractivity contribution is 5.32. The van der Waals surface area contributed by atoms with E-state index in [-0.39, 0.29) is 5.82 Å². The first-order valence-electron chi connectivity index (χ1n) is 4.68. The van der Waals surface area contributed by atoms with E-state index in [1.807, 2.05) is 6.92 Å². The minimum absolute atomic E-state index is 0.212. The van der Waals surface area contributed by atoms with Crippen LogP contribution in [-0.4, -0.2) is 9.78 Å². The van der Waals surface area contributed by atoms with E-state index in [9.17, 15) is 4.39 Å². The number of nitrogens with two attached hydrogens (primary N) is 1. The molecule has 1 aromatic heterocycles. The van der Waals surface area contributed by atoms with Crippen LogP contribution in [0.1, 0.15) is 11.1 Å². The first kappa shape index (κ1) is 9.71. The Balaban J connectivity index is 2.24. The van der Waals surface area contributed by atoms with Crippen LogP contribution in [0.4, 0.5) is 10.1 Å². The van der Waals surface area contributed by atoms with Crippen LogP contribution in [0.15, 0.2) is 30.6 Å². The number of benzene rings is 1. The minimum atomic E-state index is -0.212. The van der Waals surface area contributed by atoms with Gasteiger partial charge in [0.05, 0.1) is 18.4 Å². The molecule has 0 amide bonds. The van der Waals surface area contributed by atoms with Crippen LogP contribution in [0.3, 0.4) is 0 Å². The van der Waals surface area contributed by atoms with E-state index in [1.165, 1.54) is 12.1 Å². The third kappa shape index (κ3) is 2.15. The second-order valence-corrected chi connectivity index (χ2v) is 3.54. The molecule has 4 heteroatoms. The summed E-state index contributed by atoms with van der Waals surface area (Å²) in [5, 5.41) is 4.07. The van der Waals surface area contributed by atoms with Crippen LogP contribution in [0.2, 0.25) is 0 Å². The third-order valence-electron chi connectivity index (χ3n) is 2.29. The van der Waals surface area contributed by atoms with E-state index in [0.717, 1.165) is 11.1 Å². The van der Waals surface area contributed by atoms with E-state index < -0.39 is 0 Å². The molecule has 2 N–H and O–H groups in total. The van der Waals surface area contributed by atoms with Crippen molar-refractivity contribution >= 4 is 5.69 Å². The van der Waals surface area contributed by atoms with Gasteiger partial charge in [-0.05, 0) is 30.2 Å². The number of nitrogen functional groups attached to an aromatic ring is 1. The molecule has 0 aliphatic rings. The molecule has 0 fully saturated rings. The van der Waals surface area contributed by atoms with Crippen molar-refractivity contribution in [2.24, 2.45) is 0 Å². The fourth-order valence-electron chi connectivity index (χ4n) is 1.48. The molecule has 1 aromatic carbocycles. The number of halogens is 1. The van der Waals surface area contributed by atoms with Crippen molar-refractivity contribution in [3.05, 3.63) is 47.5 Å². The fourth-order valence-corrected chi connectivity index (χ4v) is 1.48. The molecule has 0 saturated heterocycles. The van der Waals surface area contributed by atoms with Crippen LogP contribution in [0.5, 0.6) is 0 Å². The Kier molecular flexibility index (Phi) is 2.41. The second kappa shape index (κ2) is 3.73. The Morgan fingerprint density at radius 1 is 1.47 bits per heavy atom. The van der Waals surface area contributed by atoms with Gasteiger partial charge in [-0.3, -0.25) is 4.68 Å². The highest BCUT2D eigenvalue weighted by Crippen LogP contribution is 2.12. The lowest BCUT2D eigenvalue weighted by Crippen LogP contribution is -2.02. The van der Waals surface area contributed by atoms with Gasteiger partial charge in [-0.15, -0.1) is 0 Å². The van der Waals surface area contributed by atoms with Crippen LogP contribution >= 0.6 is 0 Å². The van der Waals surface area contributed by atoms with Crippen molar-refractivity contribution in [1.29, 1.82) is 0 Å². The summed E-state index contributed by atoms with van der Waals surface area (Å²) in [4.78, 5) is 0. The molecule has 0 atom stereocenters. The van der Waals surface area contributed by atoms with Crippen LogP contribution in [0, 0.1) is 12.7 Å². The SMILES string of the molecule is Cc1cc(F)ccc1Cn1cc(N)cn1. The van der Waals surface area contributed by atoms with Gasteiger partial charge in [0, 0.05) is 6.20 Å². The predicted molar refractivity (Wildman–Crippen MR) is 56.9 cm³/mol. The van der Waals surface area contributed by atoms with Crippen molar-refractivity contribution in [1.82, 2.24) is 9.78 Å². The fraction of sp³-hybridized carbons (Fsp3) is 0.182. The van der Waals surface area contributed by atoms with Crippen molar-refractivity contribution in [2.45, 2.75) is 13.5 Å². The number of hydrogen-bond acceptors (Lipinski definition) is 2. The summed E-state index contributed by atoms with van der Waals surface area (Å²) in [6.07, 6.45) is 3.35. The van der Waals surface area contributed by atoms with E-state index in [0.29, 0.717) is 12.2 Å². The zero-order chi connectivity index (χ0) is 10.8. The smallest absolute Gasteiger partial charge is 0.123 e. The average Bonchev–Trinajstić information content (AvgIpc) is 2.56. The van der Waals surface area contributed by atoms with Gasteiger partial charge < -0.3 is 5.73 Å². The maximum Gasteiger partial charge on any atom is 0.123 e. The summed E-state index contributed by atoms with van der Waals surface area (Å²) in [7, 11) is 0. The molecule has 0 saturated carbocycles. The average molecular weight is 205 g/mol. The lowest BCUT2D eigenvalue weighted by Gasteiger charge is -2.05. The minimum Gasteiger partial charge on any atom is -0.396 e. The van der Waals surface area contributed by atoms with Crippen molar-refractivity contribution < 1.29 is 4.39 Å². The summed E-state index contributed by atoms with van der Waals surface area (Å²) in [6, 6.07) is 4.74. The zero-order valence-corrected chi connectivity index (χ0v) is 8.44. The van der Waals surface area contributed by atoms with Gasteiger partial charge in [-0.25, -0.2) is 4.39 Å². The maximum atomic E-state index is 12.8. The topological polar surface area (TPSA) is 43.8 Å². The van der Waals surface area contributed by atoms with E-state index in [1.54, 1.807) is 23.1 Å². The van der Waals surface area contributed by atoms with Crippen molar-refractivity contribution in [3.63, 3.8) is 0 Å². The van der Waals surface area contributed by atoms with Crippen LogP contribution in [0.25, 0.3) is 0 Å². The lowest BCUT2D eigenvalue weighted by atomic mass is 10.1. The number of rotatable bonds is 2. The molecule has 78 valence electrons. The summed E-state index contributed by atoms with van der Waals surface area (Å²) >= 11 is 0. The highest BCUT2D eigenvalue weighted by Gasteiger charge is 2.01. The second-order valence-electron chi connectivity index (χ2n) is 3.54. The quantitative estimate of drug-likeness (QED) is 0.814. The Bertz CT molecular complexity index is 476. The molecule has 3 nitrogen and oxygen atoms in total. The van der Waals surface area contributed by atoms with Gasteiger partial charge in [-0.1, -0.05) is 6.07 Å². The summed E-state index contributed by atoms with van der Waals surface area (Å²) in [5.41, 5.74) is 8.15. The molecule has 1 heterocycles. The first-order valence-corrected chi connectivity index (χ1v) is 4.68. The standard InChI is InChI=1S/C11H12FN3/c1-8-4-10(12)3-2-9(8)6-15-7-11(13)5-14-15/h2-5,7H,6,13H2,1H3. The summed E-state index contributed by atoms with van der Waals surface area (Å²) < 4.78 is 14.6. The maximum absolute atomic E-state index is 12.8. The number of anilines is 1. The molecule has 2 aromatic rings. The van der Waals surface area contributed by atoms with Crippen LogP contribution in [-0.2, 0) is 6.54 Å². The molecule has 0 unspecified atom stereocenters. The van der Waals surface area contributed by atoms with Crippen molar-refractivity contribution in [3.8, 4) is 0 Å². The molecular formula is C11H12FN3. The van der Waals surface area contributed by atoms with Gasteiger partial charge in [0.1, 0.15) is 5.82 Å². The number of aryl methyl sites for hydroxylation is 1. The Morgan fingerprint density at radius 2 is 2.27 bits per heavy atom. The summed E-state index contributed by atoms with van der Waals surface area (Å²) in [5.74, 6) is -0.212. The van der Waals surface area contributed by atoms with Gasteiger partial charge >= 0.3 is 0 Å². The monoisotopic (exact) mass is 205 g/mol. The van der Waals surface area contributed by atoms with E-state index in [2.05, 4.69) is 5.10 Å². The molecule has 0 bridgehead atoms. The third-order valence-corrected chi connectivity index (χ3v) is 2.29. The van der Waals surface area contributed by atoms with Crippen LogP contribution < -0.4 is 5.73 Å². The normalized spacial score (nSPS) is 10.5.